The lowest BCUT2D eigenvalue weighted by Gasteiger charge is -2.21. The third kappa shape index (κ3) is 4.50. The molecule has 6 heteroatoms. The first-order valence-corrected chi connectivity index (χ1v) is 8.92. The Bertz CT molecular complexity index is 562. The fraction of sp³-hybridized carbons (Fsp3) is 0.778. The number of likely N-dealkylation sites (tertiary alicyclic amines) is 1. The second kappa shape index (κ2) is 7.55. The average Bonchev–Trinajstić information content (AvgIpc) is 3.11. The Balaban J connectivity index is 1.94. The molecule has 1 aliphatic rings. The molecule has 1 aromatic heterocycles. The summed E-state index contributed by atoms with van der Waals surface area (Å²) in [7, 11) is 0. The molecule has 1 fully saturated rings. The van der Waals surface area contributed by atoms with Crippen molar-refractivity contribution < 1.29 is 9.53 Å². The van der Waals surface area contributed by atoms with E-state index in [2.05, 4.69) is 31.2 Å². The van der Waals surface area contributed by atoms with E-state index in [4.69, 9.17) is 4.74 Å². The van der Waals surface area contributed by atoms with Crippen molar-refractivity contribution in [1.82, 2.24) is 20.0 Å². The molecule has 24 heavy (non-hydrogen) atoms. The van der Waals surface area contributed by atoms with Crippen LogP contribution in [0.3, 0.4) is 0 Å². The lowest BCUT2D eigenvalue weighted by Crippen LogP contribution is -2.40. The van der Waals surface area contributed by atoms with E-state index in [0.29, 0.717) is 5.92 Å². The molecular weight excluding hydrogens is 304 g/mol. The van der Waals surface area contributed by atoms with Gasteiger partial charge in [-0.3, -0.25) is 4.68 Å². The van der Waals surface area contributed by atoms with Crippen LogP contribution < -0.4 is 5.32 Å². The number of aromatic nitrogens is 2. The van der Waals surface area contributed by atoms with Crippen LogP contribution in [0.5, 0.6) is 0 Å². The molecule has 0 aromatic carbocycles. The summed E-state index contributed by atoms with van der Waals surface area (Å²) in [6, 6.07) is -0.0519. The van der Waals surface area contributed by atoms with E-state index in [1.165, 1.54) is 0 Å². The number of carbonyl (C=O) groups is 1. The van der Waals surface area contributed by atoms with Gasteiger partial charge in [0, 0.05) is 37.4 Å². The Kier molecular flexibility index (Phi) is 5.91. The lowest BCUT2D eigenvalue weighted by molar-refractivity contribution is 0.113. The topological polar surface area (TPSA) is 59.4 Å². The normalized spacial score (nSPS) is 19.6. The van der Waals surface area contributed by atoms with Gasteiger partial charge in [-0.05, 0) is 48.0 Å². The van der Waals surface area contributed by atoms with Gasteiger partial charge in [0.25, 0.3) is 0 Å². The summed E-state index contributed by atoms with van der Waals surface area (Å²) in [5.41, 5.74) is 1.98. The Morgan fingerprint density at radius 3 is 2.79 bits per heavy atom. The summed E-state index contributed by atoms with van der Waals surface area (Å²) in [6.45, 7) is 15.4. The maximum Gasteiger partial charge on any atom is 0.317 e. The van der Waals surface area contributed by atoms with Gasteiger partial charge in [-0.2, -0.15) is 5.10 Å². The van der Waals surface area contributed by atoms with Gasteiger partial charge >= 0.3 is 6.03 Å². The van der Waals surface area contributed by atoms with Crippen molar-refractivity contribution in [2.75, 3.05) is 26.3 Å². The molecule has 136 valence electrons. The van der Waals surface area contributed by atoms with Crippen molar-refractivity contribution in [3.8, 4) is 0 Å². The van der Waals surface area contributed by atoms with Crippen LogP contribution in [0.1, 0.15) is 58.3 Å². The number of carbonyl (C=O) groups excluding carboxylic acids is 1. The Hall–Kier alpha value is -1.56. The minimum atomic E-state index is -0.0613. The SMILES string of the molecule is CCOC[C@H]1CCN(C(=O)N[C@@H](C)c2cn(C(C)(C)C)nc2C)C1. The van der Waals surface area contributed by atoms with E-state index >= 15 is 0 Å². The number of nitrogens with zero attached hydrogens (tertiary/aromatic N) is 3. The maximum absolute atomic E-state index is 12.5. The zero-order valence-corrected chi connectivity index (χ0v) is 15.9. The van der Waals surface area contributed by atoms with E-state index < -0.39 is 0 Å². The van der Waals surface area contributed by atoms with E-state index in [1.807, 2.05) is 36.5 Å². The smallest absolute Gasteiger partial charge is 0.317 e. The second-order valence-electron chi connectivity index (χ2n) is 7.72. The monoisotopic (exact) mass is 336 g/mol. The van der Waals surface area contributed by atoms with Gasteiger partial charge in [0.2, 0.25) is 0 Å². The zero-order valence-electron chi connectivity index (χ0n) is 15.9. The molecule has 1 aromatic rings. The molecule has 6 nitrogen and oxygen atoms in total. The third-order valence-corrected chi connectivity index (χ3v) is 4.56. The van der Waals surface area contributed by atoms with Gasteiger partial charge in [-0.25, -0.2) is 4.79 Å². The van der Waals surface area contributed by atoms with Crippen LogP contribution in [0.4, 0.5) is 4.79 Å². The summed E-state index contributed by atoms with van der Waals surface area (Å²) in [6.07, 6.45) is 3.06. The van der Waals surface area contributed by atoms with E-state index in [1.54, 1.807) is 0 Å². The molecule has 2 heterocycles. The van der Waals surface area contributed by atoms with Crippen molar-refractivity contribution in [3.05, 3.63) is 17.5 Å². The Morgan fingerprint density at radius 2 is 2.21 bits per heavy atom. The van der Waals surface area contributed by atoms with Gasteiger partial charge in [0.15, 0.2) is 0 Å². The predicted octanol–water partition coefficient (Wildman–Crippen LogP) is 3.08. The first-order chi connectivity index (χ1) is 11.2. The molecule has 1 aliphatic heterocycles. The minimum absolute atomic E-state index is 0.00408. The van der Waals surface area contributed by atoms with E-state index in [9.17, 15) is 4.79 Å². The molecule has 1 N–H and O–H groups in total. The molecule has 0 saturated carbocycles. The van der Waals surface area contributed by atoms with Crippen LogP contribution in [-0.2, 0) is 10.3 Å². The molecule has 2 atom stereocenters. The number of hydrogen-bond acceptors (Lipinski definition) is 3. The van der Waals surface area contributed by atoms with Crippen LogP contribution in [0.15, 0.2) is 6.20 Å². The molecule has 0 unspecified atom stereocenters. The van der Waals surface area contributed by atoms with Crippen LogP contribution in [-0.4, -0.2) is 47.0 Å². The zero-order chi connectivity index (χ0) is 17.9. The molecule has 0 aliphatic carbocycles. The van der Waals surface area contributed by atoms with Crippen molar-refractivity contribution >= 4 is 6.03 Å². The third-order valence-electron chi connectivity index (χ3n) is 4.56. The van der Waals surface area contributed by atoms with Crippen molar-refractivity contribution in [3.63, 3.8) is 0 Å². The average molecular weight is 336 g/mol. The van der Waals surface area contributed by atoms with Gasteiger partial charge in [0.05, 0.1) is 23.9 Å². The van der Waals surface area contributed by atoms with Crippen molar-refractivity contribution in [2.24, 2.45) is 5.92 Å². The van der Waals surface area contributed by atoms with Gasteiger partial charge < -0.3 is 15.0 Å². The highest BCUT2D eigenvalue weighted by molar-refractivity contribution is 5.75. The summed E-state index contributed by atoms with van der Waals surface area (Å²) < 4.78 is 7.44. The van der Waals surface area contributed by atoms with Crippen molar-refractivity contribution in [2.45, 2.75) is 59.5 Å². The lowest BCUT2D eigenvalue weighted by atomic mass is 10.1. The van der Waals surface area contributed by atoms with Crippen molar-refractivity contribution in [1.29, 1.82) is 0 Å². The molecule has 1 saturated heterocycles. The standard InChI is InChI=1S/C18H32N4O2/c1-7-24-12-15-8-9-21(10-15)17(23)19-13(2)16-11-22(18(4,5)6)20-14(16)3/h11,13,15H,7-10,12H2,1-6H3,(H,19,23)/t13-,15-/m0/s1. The fourth-order valence-electron chi connectivity index (χ4n) is 3.03. The number of amides is 2. The quantitative estimate of drug-likeness (QED) is 0.899. The molecule has 2 amide bonds. The first kappa shape index (κ1) is 18.8. The maximum atomic E-state index is 12.5. The first-order valence-electron chi connectivity index (χ1n) is 8.92. The summed E-state index contributed by atoms with van der Waals surface area (Å²) in [4.78, 5) is 14.4. The number of nitrogens with one attached hydrogen (secondary N) is 1. The summed E-state index contributed by atoms with van der Waals surface area (Å²) in [5, 5.41) is 7.70. The van der Waals surface area contributed by atoms with Gasteiger partial charge in [0.1, 0.15) is 0 Å². The fourth-order valence-corrected chi connectivity index (χ4v) is 3.03. The number of aryl methyl sites for hydroxylation is 1. The number of hydrogen-bond donors (Lipinski definition) is 1. The highest BCUT2D eigenvalue weighted by atomic mass is 16.5. The number of rotatable bonds is 5. The molecule has 2 rings (SSSR count). The molecule has 0 bridgehead atoms. The molecular formula is C18H32N4O2. The van der Waals surface area contributed by atoms with Crippen LogP contribution in [0.25, 0.3) is 0 Å². The molecule has 0 spiro atoms. The largest absolute Gasteiger partial charge is 0.381 e. The van der Waals surface area contributed by atoms with E-state index in [-0.39, 0.29) is 17.6 Å². The Labute approximate surface area is 145 Å². The Morgan fingerprint density at radius 1 is 1.50 bits per heavy atom. The van der Waals surface area contributed by atoms with Crippen LogP contribution in [0.2, 0.25) is 0 Å². The second-order valence-corrected chi connectivity index (χ2v) is 7.72. The highest BCUT2D eigenvalue weighted by Gasteiger charge is 2.28. The van der Waals surface area contributed by atoms with Gasteiger partial charge in [-0.15, -0.1) is 0 Å². The summed E-state index contributed by atoms with van der Waals surface area (Å²) >= 11 is 0. The van der Waals surface area contributed by atoms with Crippen LogP contribution >= 0.6 is 0 Å². The van der Waals surface area contributed by atoms with Gasteiger partial charge in [-0.1, -0.05) is 0 Å². The van der Waals surface area contributed by atoms with Crippen LogP contribution in [0, 0.1) is 12.8 Å². The number of urea groups is 1. The van der Waals surface area contributed by atoms with E-state index in [0.717, 1.165) is 44.0 Å². The minimum Gasteiger partial charge on any atom is -0.381 e. The number of ether oxygens (including phenoxy) is 1. The summed E-state index contributed by atoms with van der Waals surface area (Å²) in [5.74, 6) is 0.455. The highest BCUT2D eigenvalue weighted by Crippen LogP contribution is 2.22. The molecule has 0 radical (unpaired) electrons. The predicted molar refractivity (Wildman–Crippen MR) is 95.1 cm³/mol.